The lowest BCUT2D eigenvalue weighted by Crippen LogP contribution is -2.13. The second-order valence-corrected chi connectivity index (χ2v) is 6.31. The van der Waals surface area contributed by atoms with Gasteiger partial charge in [-0.25, -0.2) is 0 Å². The first-order chi connectivity index (χ1) is 11.5. The lowest BCUT2D eigenvalue weighted by molar-refractivity contribution is -0.112. The van der Waals surface area contributed by atoms with Crippen molar-refractivity contribution >= 4 is 56.8 Å². The number of amides is 1. The van der Waals surface area contributed by atoms with Crippen LogP contribution >= 0.6 is 39.1 Å². The van der Waals surface area contributed by atoms with Gasteiger partial charge in [-0.1, -0.05) is 35.3 Å². The number of para-hydroxylation sites is 1. The molecule has 0 unspecified atom stereocenters. The third-order valence-corrected chi connectivity index (χ3v) is 4.17. The highest BCUT2D eigenvalue weighted by molar-refractivity contribution is 9.10. The molecule has 0 fully saturated rings. The predicted molar refractivity (Wildman–Crippen MR) is 99.4 cm³/mol. The Kier molecular flexibility index (Phi) is 6.27. The molecule has 0 atom stereocenters. The van der Waals surface area contributed by atoms with Crippen LogP contribution in [-0.4, -0.2) is 13.0 Å². The van der Waals surface area contributed by atoms with Crippen LogP contribution in [0.4, 0.5) is 5.69 Å². The second kappa shape index (κ2) is 8.20. The number of carbonyl (C=O) groups is 1. The van der Waals surface area contributed by atoms with E-state index in [0.717, 1.165) is 0 Å². The Balaban J connectivity index is 2.38. The topological polar surface area (TPSA) is 62.1 Å². The van der Waals surface area contributed by atoms with Gasteiger partial charge in [-0.3, -0.25) is 4.79 Å². The van der Waals surface area contributed by atoms with Gasteiger partial charge >= 0.3 is 0 Å². The average Bonchev–Trinajstić information content (AvgIpc) is 2.54. The lowest BCUT2D eigenvalue weighted by Gasteiger charge is -2.09. The number of anilines is 1. The van der Waals surface area contributed by atoms with E-state index in [2.05, 4.69) is 21.2 Å². The monoisotopic (exact) mass is 424 g/mol. The molecule has 2 aromatic rings. The molecular formula is C17H11BrCl2N2O2. The fourth-order valence-corrected chi connectivity index (χ4v) is 3.14. The maximum absolute atomic E-state index is 12.3. The summed E-state index contributed by atoms with van der Waals surface area (Å²) in [5.74, 6) is -0.110. The van der Waals surface area contributed by atoms with Crippen LogP contribution in [0, 0.1) is 11.3 Å². The number of halogens is 3. The van der Waals surface area contributed by atoms with Crippen LogP contribution in [-0.2, 0) is 4.79 Å². The number of hydrogen-bond acceptors (Lipinski definition) is 3. The van der Waals surface area contributed by atoms with Crippen molar-refractivity contribution in [2.75, 3.05) is 12.4 Å². The van der Waals surface area contributed by atoms with E-state index in [9.17, 15) is 10.1 Å². The van der Waals surface area contributed by atoms with Crippen molar-refractivity contribution < 1.29 is 9.53 Å². The smallest absolute Gasteiger partial charge is 0.266 e. The van der Waals surface area contributed by atoms with Gasteiger partial charge in [0.15, 0.2) is 0 Å². The first-order valence-electron chi connectivity index (χ1n) is 6.67. The third kappa shape index (κ3) is 4.30. The summed E-state index contributed by atoms with van der Waals surface area (Å²) in [6.45, 7) is 0. The lowest BCUT2D eigenvalue weighted by atomic mass is 10.1. The molecule has 0 spiro atoms. The zero-order valence-electron chi connectivity index (χ0n) is 12.4. The number of nitrogens with one attached hydrogen (secondary N) is 1. The molecule has 0 bridgehead atoms. The average molecular weight is 426 g/mol. The molecule has 122 valence electrons. The Morgan fingerprint density at radius 3 is 2.67 bits per heavy atom. The van der Waals surface area contributed by atoms with Crippen LogP contribution in [0.5, 0.6) is 5.75 Å². The number of nitrogens with zero attached hydrogens (tertiary/aromatic N) is 1. The van der Waals surface area contributed by atoms with Gasteiger partial charge in [0.25, 0.3) is 5.91 Å². The molecule has 0 heterocycles. The number of nitriles is 1. The molecule has 0 aliphatic heterocycles. The maximum Gasteiger partial charge on any atom is 0.266 e. The molecule has 0 saturated heterocycles. The zero-order chi connectivity index (χ0) is 17.7. The molecular weight excluding hydrogens is 415 g/mol. The van der Waals surface area contributed by atoms with E-state index in [0.29, 0.717) is 31.5 Å². The quantitative estimate of drug-likeness (QED) is 0.533. The maximum atomic E-state index is 12.3. The molecule has 2 aromatic carbocycles. The number of ether oxygens (including phenoxy) is 1. The summed E-state index contributed by atoms with van der Waals surface area (Å²) >= 11 is 15.4. The summed E-state index contributed by atoms with van der Waals surface area (Å²) in [6, 6.07) is 11.9. The van der Waals surface area contributed by atoms with Gasteiger partial charge in [0.1, 0.15) is 17.4 Å². The molecule has 7 heteroatoms. The minimum Gasteiger partial charge on any atom is -0.495 e. The van der Waals surface area contributed by atoms with E-state index in [1.165, 1.54) is 13.2 Å². The fourth-order valence-electron chi connectivity index (χ4n) is 1.96. The van der Waals surface area contributed by atoms with Crippen LogP contribution in [0.15, 0.2) is 46.4 Å². The molecule has 0 aliphatic carbocycles. The summed E-state index contributed by atoms with van der Waals surface area (Å²) in [4.78, 5) is 12.3. The van der Waals surface area contributed by atoms with Crippen molar-refractivity contribution in [2.24, 2.45) is 0 Å². The molecule has 0 saturated carbocycles. The van der Waals surface area contributed by atoms with Gasteiger partial charge in [0.05, 0.1) is 22.3 Å². The van der Waals surface area contributed by atoms with Crippen molar-refractivity contribution in [2.45, 2.75) is 0 Å². The molecule has 2 rings (SSSR count). The SMILES string of the molecule is COc1c(Br)cc(Cl)cc1/C=C(\C#N)C(=O)Nc1ccccc1Cl. The Bertz CT molecular complexity index is 860. The van der Waals surface area contributed by atoms with Gasteiger partial charge in [-0.05, 0) is 46.3 Å². The van der Waals surface area contributed by atoms with Gasteiger partial charge in [-0.15, -0.1) is 0 Å². The van der Waals surface area contributed by atoms with Crippen LogP contribution in [0.1, 0.15) is 5.56 Å². The number of hydrogen-bond donors (Lipinski definition) is 1. The predicted octanol–water partition coefficient (Wildman–Crippen LogP) is 5.31. The Morgan fingerprint density at radius 2 is 2.04 bits per heavy atom. The third-order valence-electron chi connectivity index (χ3n) is 3.03. The Labute approximate surface area is 157 Å². The highest BCUT2D eigenvalue weighted by Gasteiger charge is 2.14. The van der Waals surface area contributed by atoms with E-state index >= 15 is 0 Å². The summed E-state index contributed by atoms with van der Waals surface area (Å²) in [5.41, 5.74) is 0.815. The largest absolute Gasteiger partial charge is 0.495 e. The van der Waals surface area contributed by atoms with Gasteiger partial charge in [0, 0.05) is 10.6 Å². The first-order valence-corrected chi connectivity index (χ1v) is 8.22. The molecule has 24 heavy (non-hydrogen) atoms. The van der Waals surface area contributed by atoms with Crippen LogP contribution in [0.2, 0.25) is 10.0 Å². The van der Waals surface area contributed by atoms with Crippen molar-refractivity contribution in [3.05, 3.63) is 62.1 Å². The Morgan fingerprint density at radius 1 is 1.33 bits per heavy atom. The molecule has 0 aromatic heterocycles. The molecule has 4 nitrogen and oxygen atoms in total. The fraction of sp³-hybridized carbons (Fsp3) is 0.0588. The van der Waals surface area contributed by atoms with Gasteiger partial charge in [0.2, 0.25) is 0 Å². The summed E-state index contributed by atoms with van der Waals surface area (Å²) in [5, 5.41) is 12.7. The second-order valence-electron chi connectivity index (χ2n) is 4.61. The highest BCUT2D eigenvalue weighted by Crippen LogP contribution is 2.34. The van der Waals surface area contributed by atoms with Crippen molar-refractivity contribution in [1.82, 2.24) is 0 Å². The molecule has 0 radical (unpaired) electrons. The minimum atomic E-state index is -0.580. The number of methoxy groups -OCH3 is 1. The van der Waals surface area contributed by atoms with Gasteiger partial charge < -0.3 is 10.1 Å². The van der Waals surface area contributed by atoms with E-state index in [1.807, 2.05) is 6.07 Å². The van der Waals surface area contributed by atoms with E-state index < -0.39 is 5.91 Å². The number of rotatable bonds is 4. The van der Waals surface area contributed by atoms with Crippen LogP contribution < -0.4 is 10.1 Å². The standard InChI is InChI=1S/C17H11BrCl2N2O2/c1-24-16-10(7-12(19)8-13(16)18)6-11(9-21)17(23)22-15-5-3-2-4-14(15)20/h2-8H,1H3,(H,22,23)/b11-6+. The molecule has 0 aliphatic rings. The number of carbonyl (C=O) groups excluding carboxylic acids is 1. The van der Waals surface area contributed by atoms with Crippen LogP contribution in [0.25, 0.3) is 6.08 Å². The van der Waals surface area contributed by atoms with Crippen molar-refractivity contribution in [3.63, 3.8) is 0 Å². The van der Waals surface area contributed by atoms with Gasteiger partial charge in [-0.2, -0.15) is 5.26 Å². The minimum absolute atomic E-state index is 0.109. The van der Waals surface area contributed by atoms with E-state index in [1.54, 1.807) is 36.4 Å². The zero-order valence-corrected chi connectivity index (χ0v) is 15.5. The van der Waals surface area contributed by atoms with Crippen LogP contribution in [0.3, 0.4) is 0 Å². The molecule has 1 amide bonds. The highest BCUT2D eigenvalue weighted by atomic mass is 79.9. The van der Waals surface area contributed by atoms with E-state index in [-0.39, 0.29) is 5.57 Å². The number of benzene rings is 2. The summed E-state index contributed by atoms with van der Waals surface area (Å²) < 4.78 is 5.90. The normalized spacial score (nSPS) is 10.9. The Hall–Kier alpha value is -2.00. The first kappa shape index (κ1) is 18.3. The summed E-state index contributed by atoms with van der Waals surface area (Å²) in [6.07, 6.45) is 1.40. The summed E-state index contributed by atoms with van der Waals surface area (Å²) in [7, 11) is 1.49. The van der Waals surface area contributed by atoms with Crippen molar-refractivity contribution in [3.8, 4) is 11.8 Å². The molecule has 1 N–H and O–H groups in total. The van der Waals surface area contributed by atoms with Crippen molar-refractivity contribution in [1.29, 1.82) is 5.26 Å². The van der Waals surface area contributed by atoms with E-state index in [4.69, 9.17) is 27.9 Å².